The van der Waals surface area contributed by atoms with E-state index in [0.29, 0.717) is 0 Å². The second-order valence-corrected chi connectivity index (χ2v) is 3.88. The SMILES string of the molecule is CNC(=O)C1(c2cc(C)ccn2)CC1. The fourth-order valence-corrected chi connectivity index (χ4v) is 1.76. The van der Waals surface area contributed by atoms with E-state index in [4.69, 9.17) is 0 Å². The number of likely N-dealkylation sites (N-methyl/N-ethyl adjacent to an activating group) is 1. The summed E-state index contributed by atoms with van der Waals surface area (Å²) < 4.78 is 0. The van der Waals surface area contributed by atoms with Crippen LogP contribution < -0.4 is 5.32 Å². The monoisotopic (exact) mass is 190 g/mol. The molecule has 2 rings (SSSR count). The maximum atomic E-state index is 11.7. The summed E-state index contributed by atoms with van der Waals surface area (Å²) in [5.74, 6) is 0.0931. The molecule has 0 bridgehead atoms. The molecule has 1 aromatic rings. The Labute approximate surface area is 83.5 Å². The molecule has 3 nitrogen and oxygen atoms in total. The molecule has 1 amide bonds. The Morgan fingerprint density at radius 3 is 2.79 bits per heavy atom. The first-order valence-corrected chi connectivity index (χ1v) is 4.84. The van der Waals surface area contributed by atoms with Crippen LogP contribution in [0.4, 0.5) is 0 Å². The zero-order chi connectivity index (χ0) is 10.2. The van der Waals surface area contributed by atoms with Crippen LogP contribution >= 0.6 is 0 Å². The van der Waals surface area contributed by atoms with E-state index in [1.807, 2.05) is 19.1 Å². The molecule has 0 unspecified atom stereocenters. The predicted octanol–water partition coefficient (Wildman–Crippen LogP) is 1.17. The van der Waals surface area contributed by atoms with Crippen LogP contribution in [0.3, 0.4) is 0 Å². The standard InChI is InChI=1S/C11H14N2O/c1-8-3-6-13-9(7-8)11(4-5-11)10(14)12-2/h3,6-7H,4-5H2,1-2H3,(H,12,14). The van der Waals surface area contributed by atoms with E-state index in [2.05, 4.69) is 10.3 Å². The minimum atomic E-state index is -0.319. The number of pyridine rings is 1. The second kappa shape index (κ2) is 3.08. The number of amides is 1. The summed E-state index contributed by atoms with van der Waals surface area (Å²) in [4.78, 5) is 15.9. The Morgan fingerprint density at radius 1 is 1.57 bits per heavy atom. The van der Waals surface area contributed by atoms with Crippen LogP contribution in [0.5, 0.6) is 0 Å². The Morgan fingerprint density at radius 2 is 2.29 bits per heavy atom. The van der Waals surface area contributed by atoms with E-state index in [9.17, 15) is 4.79 Å². The van der Waals surface area contributed by atoms with Crippen LogP contribution in [-0.2, 0) is 10.2 Å². The molecule has 14 heavy (non-hydrogen) atoms. The van der Waals surface area contributed by atoms with Crippen molar-refractivity contribution < 1.29 is 4.79 Å². The molecule has 1 aliphatic rings. The van der Waals surface area contributed by atoms with E-state index in [1.54, 1.807) is 13.2 Å². The lowest BCUT2D eigenvalue weighted by Crippen LogP contribution is -2.32. The van der Waals surface area contributed by atoms with Gasteiger partial charge in [0.25, 0.3) is 0 Å². The fraction of sp³-hybridized carbons (Fsp3) is 0.455. The number of aromatic nitrogens is 1. The number of carbonyl (C=O) groups excluding carboxylic acids is 1. The first kappa shape index (κ1) is 9.19. The molecule has 1 fully saturated rings. The molecule has 1 N–H and O–H groups in total. The van der Waals surface area contributed by atoms with Crippen molar-refractivity contribution in [2.45, 2.75) is 25.2 Å². The van der Waals surface area contributed by atoms with Gasteiger partial charge in [-0.15, -0.1) is 0 Å². The topological polar surface area (TPSA) is 42.0 Å². The number of rotatable bonds is 2. The van der Waals surface area contributed by atoms with Gasteiger partial charge in [-0.1, -0.05) is 0 Å². The highest BCUT2D eigenvalue weighted by Gasteiger charge is 2.52. The lowest BCUT2D eigenvalue weighted by atomic mass is 9.99. The van der Waals surface area contributed by atoms with Gasteiger partial charge in [0, 0.05) is 13.2 Å². The third kappa shape index (κ3) is 1.29. The lowest BCUT2D eigenvalue weighted by molar-refractivity contribution is -0.123. The smallest absolute Gasteiger partial charge is 0.232 e. The molecule has 1 aromatic heterocycles. The summed E-state index contributed by atoms with van der Waals surface area (Å²) in [6.07, 6.45) is 3.61. The number of carbonyl (C=O) groups is 1. The van der Waals surface area contributed by atoms with Gasteiger partial charge in [-0.2, -0.15) is 0 Å². The number of aryl methyl sites for hydroxylation is 1. The third-order valence-electron chi connectivity index (χ3n) is 2.82. The van der Waals surface area contributed by atoms with Crippen molar-refractivity contribution in [3.8, 4) is 0 Å². The van der Waals surface area contributed by atoms with Crippen molar-refractivity contribution in [2.24, 2.45) is 0 Å². The van der Waals surface area contributed by atoms with Crippen molar-refractivity contribution in [3.05, 3.63) is 29.6 Å². The lowest BCUT2D eigenvalue weighted by Gasteiger charge is -2.12. The predicted molar refractivity (Wildman–Crippen MR) is 54.0 cm³/mol. The fourth-order valence-electron chi connectivity index (χ4n) is 1.76. The highest BCUT2D eigenvalue weighted by Crippen LogP contribution is 2.47. The van der Waals surface area contributed by atoms with Crippen molar-refractivity contribution in [1.29, 1.82) is 0 Å². The molecule has 0 radical (unpaired) electrons. The molecule has 1 heterocycles. The second-order valence-electron chi connectivity index (χ2n) is 3.88. The van der Waals surface area contributed by atoms with E-state index in [0.717, 1.165) is 24.1 Å². The minimum absolute atomic E-state index is 0.0931. The van der Waals surface area contributed by atoms with E-state index >= 15 is 0 Å². The summed E-state index contributed by atoms with van der Waals surface area (Å²) in [6, 6.07) is 3.95. The number of nitrogens with one attached hydrogen (secondary N) is 1. The zero-order valence-corrected chi connectivity index (χ0v) is 8.50. The molecule has 0 atom stereocenters. The average Bonchev–Trinajstić information content (AvgIpc) is 2.97. The van der Waals surface area contributed by atoms with Gasteiger partial charge in [-0.3, -0.25) is 9.78 Å². The molecule has 3 heteroatoms. The van der Waals surface area contributed by atoms with Gasteiger partial charge in [-0.25, -0.2) is 0 Å². The Hall–Kier alpha value is -1.38. The average molecular weight is 190 g/mol. The number of hydrogen-bond acceptors (Lipinski definition) is 2. The molecule has 1 saturated carbocycles. The normalized spacial score (nSPS) is 17.6. The molecule has 0 aliphatic heterocycles. The highest BCUT2D eigenvalue weighted by molar-refractivity contribution is 5.90. The van der Waals surface area contributed by atoms with Gasteiger partial charge >= 0.3 is 0 Å². The number of hydrogen-bond donors (Lipinski definition) is 1. The summed E-state index contributed by atoms with van der Waals surface area (Å²) in [7, 11) is 1.68. The molecule has 74 valence electrons. The van der Waals surface area contributed by atoms with E-state index in [1.165, 1.54) is 0 Å². The highest BCUT2D eigenvalue weighted by atomic mass is 16.2. The van der Waals surface area contributed by atoms with Crippen LogP contribution in [0, 0.1) is 6.92 Å². The largest absolute Gasteiger partial charge is 0.358 e. The molecule has 0 saturated heterocycles. The molecule has 1 aliphatic carbocycles. The van der Waals surface area contributed by atoms with Crippen LogP contribution in [0.15, 0.2) is 18.3 Å². The van der Waals surface area contributed by atoms with Crippen molar-refractivity contribution in [2.75, 3.05) is 7.05 Å². The Bertz CT molecular complexity index is 369. The molecule has 0 aromatic carbocycles. The van der Waals surface area contributed by atoms with Crippen molar-refractivity contribution >= 4 is 5.91 Å². The summed E-state index contributed by atoms with van der Waals surface area (Å²) in [6.45, 7) is 2.02. The van der Waals surface area contributed by atoms with Gasteiger partial charge in [0.05, 0.1) is 11.1 Å². The first-order valence-electron chi connectivity index (χ1n) is 4.84. The third-order valence-corrected chi connectivity index (χ3v) is 2.82. The van der Waals surface area contributed by atoms with Gasteiger partial charge < -0.3 is 5.32 Å². The zero-order valence-electron chi connectivity index (χ0n) is 8.50. The quantitative estimate of drug-likeness (QED) is 0.760. The number of nitrogens with zero attached hydrogens (tertiary/aromatic N) is 1. The van der Waals surface area contributed by atoms with Crippen molar-refractivity contribution in [3.63, 3.8) is 0 Å². The van der Waals surface area contributed by atoms with Crippen LogP contribution in [0.2, 0.25) is 0 Å². The maximum absolute atomic E-state index is 11.7. The van der Waals surface area contributed by atoms with Gasteiger partial charge in [0.1, 0.15) is 0 Å². The minimum Gasteiger partial charge on any atom is -0.358 e. The molecular weight excluding hydrogens is 176 g/mol. The molecule has 0 spiro atoms. The van der Waals surface area contributed by atoms with Crippen LogP contribution in [0.25, 0.3) is 0 Å². The first-order chi connectivity index (χ1) is 6.69. The van der Waals surface area contributed by atoms with Crippen molar-refractivity contribution in [1.82, 2.24) is 10.3 Å². The summed E-state index contributed by atoms with van der Waals surface area (Å²) >= 11 is 0. The van der Waals surface area contributed by atoms with Crippen LogP contribution in [-0.4, -0.2) is 17.9 Å². The van der Waals surface area contributed by atoms with Crippen LogP contribution in [0.1, 0.15) is 24.1 Å². The van der Waals surface area contributed by atoms with Gasteiger partial charge in [0.15, 0.2) is 0 Å². The van der Waals surface area contributed by atoms with Gasteiger partial charge in [0.2, 0.25) is 5.91 Å². The van der Waals surface area contributed by atoms with E-state index in [-0.39, 0.29) is 11.3 Å². The summed E-state index contributed by atoms with van der Waals surface area (Å²) in [5.41, 5.74) is 1.75. The van der Waals surface area contributed by atoms with E-state index < -0.39 is 0 Å². The summed E-state index contributed by atoms with van der Waals surface area (Å²) in [5, 5.41) is 2.71. The Kier molecular flexibility index (Phi) is 2.02. The molecular formula is C11H14N2O. The maximum Gasteiger partial charge on any atom is 0.232 e. The van der Waals surface area contributed by atoms with Gasteiger partial charge in [-0.05, 0) is 37.5 Å². The Balaban J connectivity index is 2.35.